The van der Waals surface area contributed by atoms with Crippen LogP contribution in [0.15, 0.2) is 29.2 Å². The third kappa shape index (κ3) is 2.52. The molecule has 1 heterocycles. The third-order valence-electron chi connectivity index (χ3n) is 3.20. The average molecular weight is 288 g/mol. The largest absolute Gasteiger partial charge is 0.394 e. The zero-order valence-corrected chi connectivity index (χ0v) is 11.1. The SMILES string of the molecule is Cc1ccc(S(=O)(=O)[C@@H]2[C@@H](O)[C@H](O)O[C@@H]2CO)cc1. The molecule has 1 aliphatic rings. The summed E-state index contributed by atoms with van der Waals surface area (Å²) in [6.45, 7) is 1.23. The first-order valence-electron chi connectivity index (χ1n) is 5.81. The molecule has 0 spiro atoms. The van der Waals surface area contributed by atoms with Gasteiger partial charge in [0.1, 0.15) is 17.5 Å². The number of aryl methyl sites for hydroxylation is 1. The summed E-state index contributed by atoms with van der Waals surface area (Å²) >= 11 is 0. The maximum Gasteiger partial charge on any atom is 0.186 e. The van der Waals surface area contributed by atoms with E-state index in [1.165, 1.54) is 12.1 Å². The number of sulfone groups is 1. The van der Waals surface area contributed by atoms with Crippen molar-refractivity contribution in [3.05, 3.63) is 29.8 Å². The topological polar surface area (TPSA) is 104 Å². The van der Waals surface area contributed by atoms with Crippen molar-refractivity contribution >= 4 is 9.84 Å². The monoisotopic (exact) mass is 288 g/mol. The number of hydrogen-bond acceptors (Lipinski definition) is 6. The molecule has 0 saturated carbocycles. The van der Waals surface area contributed by atoms with Gasteiger partial charge in [-0.15, -0.1) is 0 Å². The summed E-state index contributed by atoms with van der Waals surface area (Å²) in [7, 11) is -3.89. The van der Waals surface area contributed by atoms with Crippen LogP contribution in [-0.2, 0) is 14.6 Å². The van der Waals surface area contributed by atoms with Crippen LogP contribution >= 0.6 is 0 Å². The molecule has 7 heteroatoms. The van der Waals surface area contributed by atoms with Crippen molar-refractivity contribution < 1.29 is 28.5 Å². The van der Waals surface area contributed by atoms with Gasteiger partial charge < -0.3 is 20.1 Å². The molecule has 1 saturated heterocycles. The van der Waals surface area contributed by atoms with Crippen LogP contribution in [0.4, 0.5) is 0 Å². The van der Waals surface area contributed by atoms with Gasteiger partial charge in [-0.05, 0) is 19.1 Å². The summed E-state index contributed by atoms with van der Waals surface area (Å²) in [5, 5.41) is 26.9. The molecule has 4 atom stereocenters. The number of rotatable bonds is 3. The summed E-state index contributed by atoms with van der Waals surface area (Å²) < 4.78 is 29.7. The highest BCUT2D eigenvalue weighted by Gasteiger charge is 2.50. The van der Waals surface area contributed by atoms with E-state index in [-0.39, 0.29) is 4.90 Å². The maximum atomic E-state index is 12.4. The van der Waals surface area contributed by atoms with Crippen molar-refractivity contribution in [3.8, 4) is 0 Å². The summed E-state index contributed by atoms with van der Waals surface area (Å²) in [4.78, 5) is 0.0262. The fourth-order valence-corrected chi connectivity index (χ4v) is 4.02. The van der Waals surface area contributed by atoms with Crippen LogP contribution in [0.25, 0.3) is 0 Å². The predicted molar refractivity (Wildman–Crippen MR) is 66.1 cm³/mol. The van der Waals surface area contributed by atoms with Crippen molar-refractivity contribution in [1.29, 1.82) is 0 Å². The quantitative estimate of drug-likeness (QED) is 0.673. The van der Waals surface area contributed by atoms with Gasteiger partial charge in [0.05, 0.1) is 11.5 Å². The van der Waals surface area contributed by atoms with Gasteiger partial charge in [0.25, 0.3) is 0 Å². The minimum atomic E-state index is -3.89. The summed E-state index contributed by atoms with van der Waals surface area (Å²) in [6.07, 6.45) is -4.33. The summed E-state index contributed by atoms with van der Waals surface area (Å²) in [5.41, 5.74) is 0.904. The first-order valence-corrected chi connectivity index (χ1v) is 7.35. The van der Waals surface area contributed by atoms with Crippen LogP contribution in [0, 0.1) is 6.92 Å². The number of aliphatic hydroxyl groups excluding tert-OH is 3. The van der Waals surface area contributed by atoms with Gasteiger partial charge in [0.15, 0.2) is 16.1 Å². The summed E-state index contributed by atoms with van der Waals surface area (Å²) in [5.74, 6) is 0. The molecule has 0 bridgehead atoms. The number of benzene rings is 1. The fraction of sp³-hybridized carbons (Fsp3) is 0.500. The Balaban J connectivity index is 2.41. The van der Waals surface area contributed by atoms with E-state index in [4.69, 9.17) is 9.84 Å². The van der Waals surface area contributed by atoms with E-state index in [2.05, 4.69) is 0 Å². The molecule has 1 aliphatic heterocycles. The normalized spacial score (nSPS) is 31.6. The molecular weight excluding hydrogens is 272 g/mol. The van der Waals surface area contributed by atoms with Crippen LogP contribution < -0.4 is 0 Å². The van der Waals surface area contributed by atoms with Crippen LogP contribution in [0.3, 0.4) is 0 Å². The third-order valence-corrected chi connectivity index (χ3v) is 5.43. The predicted octanol–water partition coefficient (Wildman–Crippen LogP) is -0.792. The molecule has 6 nitrogen and oxygen atoms in total. The number of ether oxygens (including phenoxy) is 1. The Morgan fingerprint density at radius 1 is 1.21 bits per heavy atom. The van der Waals surface area contributed by atoms with Crippen molar-refractivity contribution in [3.63, 3.8) is 0 Å². The van der Waals surface area contributed by atoms with Gasteiger partial charge in [0, 0.05) is 0 Å². The summed E-state index contributed by atoms with van der Waals surface area (Å²) in [6, 6.07) is 6.13. The van der Waals surface area contributed by atoms with Gasteiger partial charge in [-0.2, -0.15) is 0 Å². The zero-order valence-electron chi connectivity index (χ0n) is 10.3. The van der Waals surface area contributed by atoms with E-state index in [1.54, 1.807) is 12.1 Å². The van der Waals surface area contributed by atoms with Crippen LogP contribution in [0.2, 0.25) is 0 Å². The second kappa shape index (κ2) is 5.18. The Bertz CT molecular complexity index is 538. The van der Waals surface area contributed by atoms with Gasteiger partial charge in [-0.1, -0.05) is 17.7 Å². The Kier molecular flexibility index (Phi) is 3.93. The standard InChI is InChI=1S/C12H16O6S/c1-7-2-4-8(5-3-7)19(16,17)11-9(6-13)18-12(15)10(11)14/h2-5,9-15H,6H2,1H3/t9-,10-,11+,12-/m1/s1. The lowest BCUT2D eigenvalue weighted by molar-refractivity contribution is -0.132. The van der Waals surface area contributed by atoms with E-state index in [1.807, 2.05) is 6.92 Å². The lowest BCUT2D eigenvalue weighted by atomic mass is 10.2. The molecule has 3 N–H and O–H groups in total. The van der Waals surface area contributed by atoms with Crippen molar-refractivity contribution in [2.24, 2.45) is 0 Å². The van der Waals surface area contributed by atoms with Gasteiger partial charge in [0.2, 0.25) is 0 Å². The molecular formula is C12H16O6S. The van der Waals surface area contributed by atoms with E-state index in [9.17, 15) is 18.6 Å². The lowest BCUT2D eigenvalue weighted by Gasteiger charge is -2.18. The van der Waals surface area contributed by atoms with Crippen molar-refractivity contribution in [2.45, 2.75) is 35.6 Å². The lowest BCUT2D eigenvalue weighted by Crippen LogP contribution is -2.41. The molecule has 0 unspecified atom stereocenters. The second-order valence-electron chi connectivity index (χ2n) is 4.56. The van der Waals surface area contributed by atoms with Crippen LogP contribution in [-0.4, -0.2) is 54.1 Å². The van der Waals surface area contributed by atoms with E-state index < -0.39 is 40.2 Å². The highest BCUT2D eigenvalue weighted by Crippen LogP contribution is 2.30. The van der Waals surface area contributed by atoms with Crippen molar-refractivity contribution in [1.82, 2.24) is 0 Å². The Morgan fingerprint density at radius 3 is 2.32 bits per heavy atom. The molecule has 106 valence electrons. The number of aliphatic hydroxyl groups is 3. The first-order chi connectivity index (χ1) is 8.87. The van der Waals surface area contributed by atoms with Gasteiger partial charge in [-0.3, -0.25) is 0 Å². The molecule has 0 aliphatic carbocycles. The zero-order chi connectivity index (χ0) is 14.2. The molecule has 1 aromatic carbocycles. The molecule has 19 heavy (non-hydrogen) atoms. The molecule has 0 amide bonds. The highest BCUT2D eigenvalue weighted by atomic mass is 32.2. The van der Waals surface area contributed by atoms with Gasteiger partial charge in [-0.25, -0.2) is 8.42 Å². The molecule has 0 aromatic heterocycles. The van der Waals surface area contributed by atoms with E-state index in [0.717, 1.165) is 5.56 Å². The average Bonchev–Trinajstić information content (AvgIpc) is 2.66. The first kappa shape index (κ1) is 14.4. The second-order valence-corrected chi connectivity index (χ2v) is 6.67. The van der Waals surface area contributed by atoms with E-state index >= 15 is 0 Å². The van der Waals surface area contributed by atoms with Crippen LogP contribution in [0.5, 0.6) is 0 Å². The van der Waals surface area contributed by atoms with E-state index in [0.29, 0.717) is 0 Å². The fourth-order valence-electron chi connectivity index (χ4n) is 2.13. The minimum absolute atomic E-state index is 0.0262. The smallest absolute Gasteiger partial charge is 0.186 e. The van der Waals surface area contributed by atoms with Crippen LogP contribution in [0.1, 0.15) is 5.56 Å². The molecule has 0 radical (unpaired) electrons. The molecule has 1 aromatic rings. The Morgan fingerprint density at radius 2 is 1.79 bits per heavy atom. The van der Waals surface area contributed by atoms with Gasteiger partial charge >= 0.3 is 0 Å². The Hall–Kier alpha value is -0.990. The molecule has 1 fully saturated rings. The highest BCUT2D eigenvalue weighted by molar-refractivity contribution is 7.92. The van der Waals surface area contributed by atoms with Crippen molar-refractivity contribution in [2.75, 3.05) is 6.61 Å². The Labute approximate surface area is 111 Å². The maximum absolute atomic E-state index is 12.4. The minimum Gasteiger partial charge on any atom is -0.394 e. The number of hydrogen-bond donors (Lipinski definition) is 3. The molecule has 2 rings (SSSR count).